The number of anilines is 2. The lowest BCUT2D eigenvalue weighted by atomic mass is 10.0. The van der Waals surface area contributed by atoms with Crippen molar-refractivity contribution in [3.8, 4) is 5.69 Å². The Bertz CT molecular complexity index is 1310. The van der Waals surface area contributed by atoms with Gasteiger partial charge in [-0.05, 0) is 70.5 Å². The smallest absolute Gasteiger partial charge is 0.314 e. The summed E-state index contributed by atoms with van der Waals surface area (Å²) >= 11 is 0. The number of aryl methyl sites for hydroxylation is 1. The van der Waals surface area contributed by atoms with Crippen molar-refractivity contribution in [2.75, 3.05) is 29.9 Å². The molecule has 2 heterocycles. The van der Waals surface area contributed by atoms with Gasteiger partial charge in [-0.2, -0.15) is 18.3 Å². The van der Waals surface area contributed by atoms with E-state index in [9.17, 15) is 22.8 Å². The lowest BCUT2D eigenvalue weighted by molar-refractivity contribution is -0.142. The molecule has 0 fully saturated rings. The minimum Gasteiger partial charge on any atom is -0.314 e. The van der Waals surface area contributed by atoms with Gasteiger partial charge in [-0.3, -0.25) is 9.59 Å². The zero-order chi connectivity index (χ0) is 27.1. The van der Waals surface area contributed by atoms with Crippen LogP contribution in [0.25, 0.3) is 5.69 Å². The number of carbonyl (C=O) groups excluding carboxylic acids is 2. The van der Waals surface area contributed by atoms with Gasteiger partial charge in [0, 0.05) is 36.1 Å². The molecule has 1 aliphatic heterocycles. The number of amides is 2. The fourth-order valence-electron chi connectivity index (χ4n) is 4.17. The minimum absolute atomic E-state index is 0.0143. The summed E-state index contributed by atoms with van der Waals surface area (Å²) in [5, 5.41) is 6.98. The first kappa shape index (κ1) is 26.4. The van der Waals surface area contributed by atoms with Gasteiger partial charge in [-0.15, -0.1) is 0 Å². The van der Waals surface area contributed by atoms with E-state index in [-0.39, 0.29) is 42.2 Å². The van der Waals surface area contributed by atoms with Gasteiger partial charge in [0.2, 0.25) is 5.91 Å². The number of alkyl halides is 3. The van der Waals surface area contributed by atoms with Crippen LogP contribution in [0.4, 0.5) is 24.5 Å². The predicted octanol–water partition coefficient (Wildman–Crippen LogP) is 4.75. The molecule has 0 spiro atoms. The Labute approximate surface area is 213 Å². The van der Waals surface area contributed by atoms with Crippen molar-refractivity contribution in [1.29, 1.82) is 0 Å². The van der Waals surface area contributed by atoms with Crippen molar-refractivity contribution < 1.29 is 22.8 Å². The highest BCUT2D eigenvalue weighted by Gasteiger charge is 2.43. The number of hydrogen-bond acceptors (Lipinski definition) is 4. The molecule has 0 bridgehead atoms. The lowest BCUT2D eigenvalue weighted by Crippen LogP contribution is -2.44. The van der Waals surface area contributed by atoms with Crippen LogP contribution in [0.1, 0.15) is 48.1 Å². The third kappa shape index (κ3) is 5.53. The van der Waals surface area contributed by atoms with E-state index in [1.165, 1.54) is 9.80 Å². The molecular formula is C27H30F3N5O2. The van der Waals surface area contributed by atoms with Gasteiger partial charge in [-0.25, -0.2) is 4.68 Å². The molecule has 7 nitrogen and oxygen atoms in total. The molecule has 0 radical (unpaired) electrons. The van der Waals surface area contributed by atoms with E-state index in [1.807, 2.05) is 27.7 Å². The average Bonchev–Trinajstić information content (AvgIpc) is 3.24. The fraction of sp³-hybridized carbons (Fsp3) is 0.370. The number of likely N-dealkylation sites (N-methyl/N-ethyl adjacent to an activating group) is 1. The largest absolute Gasteiger partial charge is 0.435 e. The minimum atomic E-state index is -4.68. The fourth-order valence-corrected chi connectivity index (χ4v) is 4.17. The molecule has 196 valence electrons. The third-order valence-corrected chi connectivity index (χ3v) is 6.26. The van der Waals surface area contributed by atoms with Crippen molar-refractivity contribution in [3.63, 3.8) is 0 Å². The predicted molar refractivity (Wildman–Crippen MR) is 136 cm³/mol. The highest BCUT2D eigenvalue weighted by molar-refractivity contribution is 6.07. The number of carbonyl (C=O) groups is 2. The summed E-state index contributed by atoms with van der Waals surface area (Å²) in [5.41, 5.74) is 1.06. The topological polar surface area (TPSA) is 70.5 Å². The Morgan fingerprint density at radius 2 is 1.62 bits per heavy atom. The molecule has 0 aliphatic carbocycles. The van der Waals surface area contributed by atoms with Crippen LogP contribution >= 0.6 is 0 Å². The quantitative estimate of drug-likeness (QED) is 0.535. The normalized spacial score (nSPS) is 14.1. The first-order valence-corrected chi connectivity index (χ1v) is 12.0. The maximum absolute atomic E-state index is 13.8. The Hall–Kier alpha value is -3.66. The molecule has 1 aliphatic rings. The zero-order valence-electron chi connectivity index (χ0n) is 21.5. The van der Waals surface area contributed by atoms with E-state index in [2.05, 4.69) is 10.4 Å². The molecule has 0 unspecified atom stereocenters. The molecule has 2 amide bonds. The van der Waals surface area contributed by atoms with E-state index < -0.39 is 17.8 Å². The van der Waals surface area contributed by atoms with Gasteiger partial charge < -0.3 is 15.1 Å². The molecular weight excluding hydrogens is 483 g/mol. The van der Waals surface area contributed by atoms with Crippen molar-refractivity contribution >= 4 is 23.2 Å². The zero-order valence-corrected chi connectivity index (χ0v) is 21.5. The van der Waals surface area contributed by atoms with E-state index in [0.29, 0.717) is 17.1 Å². The third-order valence-electron chi connectivity index (χ3n) is 6.26. The molecule has 1 N–H and O–H groups in total. The second-order valence-corrected chi connectivity index (χ2v) is 10.2. The van der Waals surface area contributed by atoms with Crippen LogP contribution in [0.15, 0.2) is 48.5 Å². The molecule has 0 saturated carbocycles. The van der Waals surface area contributed by atoms with Gasteiger partial charge >= 0.3 is 6.18 Å². The van der Waals surface area contributed by atoms with Crippen LogP contribution in [-0.4, -0.2) is 47.3 Å². The van der Waals surface area contributed by atoms with E-state index >= 15 is 0 Å². The van der Waals surface area contributed by atoms with Crippen molar-refractivity contribution in [1.82, 2.24) is 15.1 Å². The second-order valence-electron chi connectivity index (χ2n) is 10.2. The van der Waals surface area contributed by atoms with Crippen LogP contribution in [0, 0.1) is 6.92 Å². The standard InChI is InChI=1S/C27H30F3N5O2/c1-17-6-8-20(9-7-17)35-23-21(24(32-35)27(28,29)30)14-15-34(25(23)37)19-12-10-18(11-13-19)33(5)22(36)16-31-26(2,3)4/h6-13,31H,14-16H2,1-5H3. The Balaban J connectivity index is 1.63. The van der Waals surface area contributed by atoms with Crippen LogP contribution in [-0.2, 0) is 17.4 Å². The summed E-state index contributed by atoms with van der Waals surface area (Å²) in [4.78, 5) is 29.1. The van der Waals surface area contributed by atoms with Gasteiger partial charge in [0.1, 0.15) is 5.69 Å². The highest BCUT2D eigenvalue weighted by Crippen LogP contribution is 2.37. The monoisotopic (exact) mass is 513 g/mol. The molecule has 0 atom stereocenters. The van der Waals surface area contributed by atoms with Crippen LogP contribution in [0.2, 0.25) is 0 Å². The SMILES string of the molecule is Cc1ccc(-n2nc(C(F)(F)F)c3c2C(=O)N(c2ccc(N(C)C(=O)CNC(C)(C)C)cc2)CC3)cc1. The molecule has 10 heteroatoms. The van der Waals surface area contributed by atoms with Crippen LogP contribution in [0.5, 0.6) is 0 Å². The van der Waals surface area contributed by atoms with Crippen LogP contribution in [0.3, 0.4) is 0 Å². The summed E-state index contributed by atoms with van der Waals surface area (Å²) in [5.74, 6) is -0.681. The number of aromatic nitrogens is 2. The average molecular weight is 514 g/mol. The summed E-state index contributed by atoms with van der Waals surface area (Å²) < 4.78 is 42.4. The summed E-state index contributed by atoms with van der Waals surface area (Å²) in [6.45, 7) is 8.03. The number of rotatable bonds is 5. The second kappa shape index (κ2) is 9.66. The van der Waals surface area contributed by atoms with Gasteiger partial charge in [0.05, 0.1) is 12.2 Å². The number of nitrogens with one attached hydrogen (secondary N) is 1. The van der Waals surface area contributed by atoms with Gasteiger partial charge in [0.25, 0.3) is 5.91 Å². The maximum atomic E-state index is 13.8. The lowest BCUT2D eigenvalue weighted by Gasteiger charge is -2.28. The first-order valence-electron chi connectivity index (χ1n) is 12.0. The molecule has 4 rings (SSSR count). The van der Waals surface area contributed by atoms with Crippen molar-refractivity contribution in [3.05, 3.63) is 71.0 Å². The van der Waals surface area contributed by atoms with Gasteiger partial charge in [-0.1, -0.05) is 17.7 Å². The Morgan fingerprint density at radius 1 is 1.03 bits per heavy atom. The molecule has 3 aromatic rings. The number of fused-ring (bicyclic) bond motifs is 1. The first-order chi connectivity index (χ1) is 17.3. The Morgan fingerprint density at radius 3 is 2.19 bits per heavy atom. The number of hydrogen-bond donors (Lipinski definition) is 1. The highest BCUT2D eigenvalue weighted by atomic mass is 19.4. The van der Waals surface area contributed by atoms with Crippen LogP contribution < -0.4 is 15.1 Å². The van der Waals surface area contributed by atoms with Gasteiger partial charge in [0.15, 0.2) is 5.69 Å². The number of halogens is 3. The summed E-state index contributed by atoms with van der Waals surface area (Å²) in [6, 6.07) is 13.6. The Kier molecular flexibility index (Phi) is 6.89. The van der Waals surface area contributed by atoms with E-state index in [4.69, 9.17) is 0 Å². The molecule has 1 aromatic heterocycles. The molecule has 2 aromatic carbocycles. The van der Waals surface area contributed by atoms with Crippen molar-refractivity contribution in [2.45, 2.75) is 45.8 Å². The molecule has 0 saturated heterocycles. The summed E-state index contributed by atoms with van der Waals surface area (Å²) in [7, 11) is 1.67. The molecule has 37 heavy (non-hydrogen) atoms. The van der Waals surface area contributed by atoms with E-state index in [1.54, 1.807) is 55.6 Å². The van der Waals surface area contributed by atoms with Crippen molar-refractivity contribution in [2.24, 2.45) is 0 Å². The van der Waals surface area contributed by atoms with E-state index in [0.717, 1.165) is 10.2 Å². The summed E-state index contributed by atoms with van der Waals surface area (Å²) in [6.07, 6.45) is -4.66. The number of benzene rings is 2. The maximum Gasteiger partial charge on any atom is 0.435 e. The number of nitrogens with zero attached hydrogens (tertiary/aromatic N) is 4.